The number of aromatic nitrogens is 2. The van der Waals surface area contributed by atoms with Gasteiger partial charge in [0.1, 0.15) is 5.82 Å². The molecule has 5 heteroatoms. The number of hydrogen-bond acceptors (Lipinski definition) is 2. The molecule has 2 aromatic carbocycles. The molecule has 0 aliphatic rings. The molecular weight excluding hydrogens is 289 g/mol. The highest BCUT2D eigenvalue weighted by Gasteiger charge is 2.06. The fourth-order valence-corrected chi connectivity index (χ4v) is 2.29. The molecule has 0 spiro atoms. The van der Waals surface area contributed by atoms with Gasteiger partial charge in [0.05, 0.1) is 12.7 Å². The second-order valence-corrected chi connectivity index (χ2v) is 5.19. The first kappa shape index (κ1) is 13.6. The van der Waals surface area contributed by atoms with E-state index in [2.05, 4.69) is 5.10 Å². The van der Waals surface area contributed by atoms with Gasteiger partial charge in [0.25, 0.3) is 0 Å². The van der Waals surface area contributed by atoms with Crippen LogP contribution in [0.3, 0.4) is 0 Å². The Balaban J connectivity index is 1.85. The first-order valence-corrected chi connectivity index (χ1v) is 6.82. The van der Waals surface area contributed by atoms with Crippen molar-refractivity contribution in [1.29, 1.82) is 0 Å². The minimum Gasteiger partial charge on any atom is -0.399 e. The molecule has 0 aliphatic carbocycles. The SMILES string of the molecule is Nc1ccc(-c2cnn(Cc3cc(F)ccc3Cl)c2)cc1. The first-order chi connectivity index (χ1) is 10.1. The van der Waals surface area contributed by atoms with E-state index in [1.165, 1.54) is 12.1 Å². The highest BCUT2D eigenvalue weighted by Crippen LogP contribution is 2.22. The smallest absolute Gasteiger partial charge is 0.123 e. The van der Waals surface area contributed by atoms with Gasteiger partial charge in [-0.15, -0.1) is 0 Å². The number of anilines is 1. The third-order valence-electron chi connectivity index (χ3n) is 3.22. The molecule has 1 heterocycles. The van der Waals surface area contributed by atoms with Crippen molar-refractivity contribution >= 4 is 17.3 Å². The molecule has 3 nitrogen and oxygen atoms in total. The van der Waals surface area contributed by atoms with Crippen LogP contribution in [0.15, 0.2) is 54.9 Å². The van der Waals surface area contributed by atoms with E-state index in [-0.39, 0.29) is 5.82 Å². The second kappa shape index (κ2) is 5.58. The summed E-state index contributed by atoms with van der Waals surface area (Å²) in [4.78, 5) is 0. The largest absolute Gasteiger partial charge is 0.399 e. The van der Waals surface area contributed by atoms with Crippen molar-refractivity contribution in [3.05, 3.63) is 71.3 Å². The summed E-state index contributed by atoms with van der Waals surface area (Å²) in [5.41, 5.74) is 9.09. The zero-order valence-electron chi connectivity index (χ0n) is 11.1. The predicted octanol–water partition coefficient (Wildman–Crippen LogP) is 3.97. The van der Waals surface area contributed by atoms with E-state index in [9.17, 15) is 4.39 Å². The molecule has 0 amide bonds. The Morgan fingerprint density at radius 3 is 2.62 bits per heavy atom. The van der Waals surface area contributed by atoms with Gasteiger partial charge in [-0.3, -0.25) is 4.68 Å². The van der Waals surface area contributed by atoms with E-state index in [0.717, 1.165) is 16.8 Å². The van der Waals surface area contributed by atoms with Gasteiger partial charge >= 0.3 is 0 Å². The van der Waals surface area contributed by atoms with Gasteiger partial charge in [-0.25, -0.2) is 4.39 Å². The number of rotatable bonds is 3. The van der Waals surface area contributed by atoms with Crippen LogP contribution in [0, 0.1) is 5.82 Å². The van der Waals surface area contributed by atoms with Gasteiger partial charge < -0.3 is 5.73 Å². The van der Waals surface area contributed by atoms with Gasteiger partial charge in [-0.1, -0.05) is 23.7 Å². The minimum absolute atomic E-state index is 0.305. The molecule has 0 bridgehead atoms. The van der Waals surface area contributed by atoms with E-state index in [4.69, 9.17) is 17.3 Å². The van der Waals surface area contributed by atoms with Crippen LogP contribution in [0.5, 0.6) is 0 Å². The Hall–Kier alpha value is -2.33. The summed E-state index contributed by atoms with van der Waals surface area (Å²) in [6.45, 7) is 0.422. The van der Waals surface area contributed by atoms with Crippen molar-refractivity contribution in [1.82, 2.24) is 9.78 Å². The quantitative estimate of drug-likeness (QED) is 0.744. The average molecular weight is 302 g/mol. The number of benzene rings is 2. The van der Waals surface area contributed by atoms with E-state index >= 15 is 0 Å². The van der Waals surface area contributed by atoms with Gasteiger partial charge in [-0.05, 0) is 41.5 Å². The van der Waals surface area contributed by atoms with Gasteiger partial charge in [0.15, 0.2) is 0 Å². The number of nitrogens with zero attached hydrogens (tertiary/aromatic N) is 2. The molecule has 0 saturated carbocycles. The van der Waals surface area contributed by atoms with Gasteiger partial charge in [0, 0.05) is 22.5 Å². The Labute approximate surface area is 126 Å². The molecule has 0 aliphatic heterocycles. The third-order valence-corrected chi connectivity index (χ3v) is 3.59. The predicted molar refractivity (Wildman–Crippen MR) is 82.6 cm³/mol. The first-order valence-electron chi connectivity index (χ1n) is 6.44. The lowest BCUT2D eigenvalue weighted by molar-refractivity contribution is 0.619. The zero-order valence-corrected chi connectivity index (χ0v) is 11.9. The van der Waals surface area contributed by atoms with Crippen molar-refractivity contribution in [2.45, 2.75) is 6.54 Å². The maximum absolute atomic E-state index is 13.3. The zero-order chi connectivity index (χ0) is 14.8. The fraction of sp³-hybridized carbons (Fsp3) is 0.0625. The second-order valence-electron chi connectivity index (χ2n) is 4.78. The average Bonchev–Trinajstić information content (AvgIpc) is 2.92. The molecule has 106 valence electrons. The molecule has 2 N–H and O–H groups in total. The lowest BCUT2D eigenvalue weighted by Gasteiger charge is -2.04. The molecule has 0 saturated heterocycles. The molecule has 3 rings (SSSR count). The highest BCUT2D eigenvalue weighted by molar-refractivity contribution is 6.31. The monoisotopic (exact) mass is 301 g/mol. The third kappa shape index (κ3) is 3.06. The molecule has 3 aromatic rings. The van der Waals surface area contributed by atoms with E-state index in [1.807, 2.05) is 30.5 Å². The van der Waals surface area contributed by atoms with Crippen LogP contribution in [-0.2, 0) is 6.54 Å². The Bertz CT molecular complexity index is 765. The molecule has 21 heavy (non-hydrogen) atoms. The van der Waals surface area contributed by atoms with Crippen molar-refractivity contribution in [3.63, 3.8) is 0 Å². The molecule has 0 unspecified atom stereocenters. The molecule has 0 radical (unpaired) electrons. The van der Waals surface area contributed by atoms with Crippen LogP contribution in [0.25, 0.3) is 11.1 Å². The van der Waals surface area contributed by atoms with Crippen LogP contribution < -0.4 is 5.73 Å². The lowest BCUT2D eigenvalue weighted by Crippen LogP contribution is -2.01. The van der Waals surface area contributed by atoms with Crippen LogP contribution in [0.4, 0.5) is 10.1 Å². The van der Waals surface area contributed by atoms with Gasteiger partial charge in [-0.2, -0.15) is 5.10 Å². The molecule has 0 atom stereocenters. The van der Waals surface area contributed by atoms with Crippen molar-refractivity contribution in [2.24, 2.45) is 0 Å². The summed E-state index contributed by atoms with van der Waals surface area (Å²) in [6.07, 6.45) is 3.66. The number of halogens is 2. The Morgan fingerprint density at radius 1 is 1.10 bits per heavy atom. The summed E-state index contributed by atoms with van der Waals surface area (Å²) in [5, 5.41) is 4.81. The highest BCUT2D eigenvalue weighted by atomic mass is 35.5. The summed E-state index contributed by atoms with van der Waals surface area (Å²) < 4.78 is 15.0. The van der Waals surface area contributed by atoms with Crippen LogP contribution in [-0.4, -0.2) is 9.78 Å². The van der Waals surface area contributed by atoms with Crippen LogP contribution in [0.2, 0.25) is 5.02 Å². The Morgan fingerprint density at radius 2 is 1.86 bits per heavy atom. The molecule has 0 fully saturated rings. The van der Waals surface area contributed by atoms with Crippen molar-refractivity contribution in [2.75, 3.05) is 5.73 Å². The normalized spacial score (nSPS) is 10.8. The maximum Gasteiger partial charge on any atom is 0.123 e. The minimum atomic E-state index is -0.305. The van der Waals surface area contributed by atoms with Crippen molar-refractivity contribution in [3.8, 4) is 11.1 Å². The number of nitrogen functional groups attached to an aromatic ring is 1. The van der Waals surface area contributed by atoms with E-state index in [0.29, 0.717) is 17.1 Å². The van der Waals surface area contributed by atoms with Crippen molar-refractivity contribution < 1.29 is 4.39 Å². The van der Waals surface area contributed by atoms with Gasteiger partial charge in [0.2, 0.25) is 0 Å². The van der Waals surface area contributed by atoms with E-state index in [1.54, 1.807) is 16.9 Å². The Kier molecular flexibility index (Phi) is 3.62. The standard InChI is InChI=1S/C16H13ClFN3/c17-16-6-3-14(18)7-12(16)9-21-10-13(8-20-21)11-1-4-15(19)5-2-11/h1-8,10H,9,19H2. The molecular formula is C16H13ClFN3. The summed E-state index contributed by atoms with van der Waals surface area (Å²) >= 11 is 6.07. The number of nitrogens with two attached hydrogens (primary N) is 1. The lowest BCUT2D eigenvalue weighted by atomic mass is 10.1. The van der Waals surface area contributed by atoms with Crippen LogP contribution in [0.1, 0.15) is 5.56 Å². The van der Waals surface area contributed by atoms with Crippen LogP contribution >= 0.6 is 11.6 Å². The molecule has 1 aromatic heterocycles. The summed E-state index contributed by atoms with van der Waals surface area (Å²) in [7, 11) is 0. The van der Waals surface area contributed by atoms with E-state index < -0.39 is 0 Å². The maximum atomic E-state index is 13.3. The fourth-order valence-electron chi connectivity index (χ4n) is 2.11. The number of hydrogen-bond donors (Lipinski definition) is 1. The topological polar surface area (TPSA) is 43.8 Å². The summed E-state index contributed by atoms with van der Waals surface area (Å²) in [6, 6.07) is 11.9. The summed E-state index contributed by atoms with van der Waals surface area (Å²) in [5.74, 6) is -0.305.